The second-order valence-corrected chi connectivity index (χ2v) is 24.8. The number of nitrogens with zero attached hydrogens (tertiary/aromatic N) is 1. The van der Waals surface area contributed by atoms with Crippen LogP contribution in [0.4, 0.5) is 0 Å². The molecule has 0 bridgehead atoms. The second kappa shape index (κ2) is 62.2. The summed E-state index contributed by atoms with van der Waals surface area (Å²) in [5.74, 6) is -0.851. The average molecular weight is 1160 g/mol. The number of phosphoric ester groups is 1. The lowest BCUT2D eigenvalue weighted by atomic mass is 10.0. The topological polar surface area (TPSA) is 111 Å². The molecule has 9 nitrogen and oxygen atoms in total. The van der Waals surface area contributed by atoms with Crippen molar-refractivity contribution in [2.45, 2.75) is 290 Å². The Morgan fingerprint density at radius 2 is 0.659 bits per heavy atom. The largest absolute Gasteiger partial charge is 0.756 e. The number of quaternary nitrogens is 1. The molecule has 82 heavy (non-hydrogen) atoms. The second-order valence-electron chi connectivity index (χ2n) is 23.4. The molecule has 472 valence electrons. The molecule has 0 heterocycles. The van der Waals surface area contributed by atoms with Gasteiger partial charge in [0.25, 0.3) is 7.82 Å². The van der Waals surface area contributed by atoms with Crippen LogP contribution in [0.1, 0.15) is 284 Å². The van der Waals surface area contributed by atoms with E-state index in [1.807, 2.05) is 21.1 Å². The van der Waals surface area contributed by atoms with Crippen molar-refractivity contribution >= 4 is 19.8 Å². The Bertz CT molecular complexity index is 1750. The predicted octanol–water partition coefficient (Wildman–Crippen LogP) is 21.1. The Morgan fingerprint density at radius 3 is 0.976 bits per heavy atom. The molecular formula is C72H126NO8P. The molecular weight excluding hydrogens is 1040 g/mol. The van der Waals surface area contributed by atoms with Crippen molar-refractivity contribution in [3.05, 3.63) is 109 Å². The van der Waals surface area contributed by atoms with E-state index in [1.54, 1.807) is 0 Å². The number of hydrogen-bond donors (Lipinski definition) is 0. The molecule has 0 aromatic heterocycles. The monoisotopic (exact) mass is 1160 g/mol. The smallest absolute Gasteiger partial charge is 0.306 e. The van der Waals surface area contributed by atoms with E-state index in [1.165, 1.54) is 141 Å². The van der Waals surface area contributed by atoms with Crippen LogP contribution < -0.4 is 4.89 Å². The zero-order valence-corrected chi connectivity index (χ0v) is 54.6. The Hall–Kier alpha value is -3.33. The molecule has 2 atom stereocenters. The molecule has 0 spiro atoms. The van der Waals surface area contributed by atoms with E-state index >= 15 is 0 Å². The Balaban J connectivity index is 4.00. The summed E-state index contributed by atoms with van der Waals surface area (Å²) in [7, 11) is 1.15. The highest BCUT2D eigenvalue weighted by atomic mass is 31.2. The number of hydrogen-bond acceptors (Lipinski definition) is 8. The van der Waals surface area contributed by atoms with Gasteiger partial charge < -0.3 is 27.9 Å². The first-order valence-corrected chi connectivity index (χ1v) is 35.1. The van der Waals surface area contributed by atoms with Gasteiger partial charge in [0.05, 0.1) is 27.7 Å². The van der Waals surface area contributed by atoms with Gasteiger partial charge in [0.1, 0.15) is 19.8 Å². The van der Waals surface area contributed by atoms with Crippen molar-refractivity contribution < 1.29 is 42.1 Å². The molecule has 0 amide bonds. The van der Waals surface area contributed by atoms with Gasteiger partial charge in [0.15, 0.2) is 6.10 Å². The highest BCUT2D eigenvalue weighted by Crippen LogP contribution is 2.38. The number of carbonyl (C=O) groups excluding carboxylic acids is 2. The van der Waals surface area contributed by atoms with Crippen LogP contribution in [0, 0.1) is 0 Å². The molecule has 0 radical (unpaired) electrons. The molecule has 0 fully saturated rings. The fourth-order valence-electron chi connectivity index (χ4n) is 9.21. The standard InChI is InChI=1S/C72H126NO8P/c1-6-8-10-12-14-16-18-20-22-24-26-28-29-30-31-32-33-34-35-36-37-38-39-40-41-42-43-45-46-48-50-52-54-56-58-60-62-64-71(74)78-68-70(69-80-82(76,77)79-67-66-73(3,4)5)81-72(75)65-63-61-59-57-55-53-51-49-47-44-27-25-23-21-19-17-15-13-11-9-7-2/h8-11,14-17,20-23,26-28,44,49,51,70H,6-7,12-13,18-19,24-25,29-43,45-48,50,52-69H2,1-5H3/b10-8-,11-9-,16-14-,17-15-,22-20-,23-21-,28-26-,44-27-,51-49-. The minimum absolute atomic E-state index is 0.0383. The number of phosphoric acid groups is 1. The SMILES string of the molecule is CC/C=C\C/C=C\C/C=C\C/C=C\C/C=C\CCCCCCCC(=O)OC(COC(=O)CCCCCCCCCCCCCCCCCCCCCCCCCC/C=C\C/C=C\C/C=C\C/C=C\CC)COP(=O)([O-])OCC[N+](C)(C)C. The number of allylic oxidation sites excluding steroid dienone is 18. The third kappa shape index (κ3) is 65.8. The summed E-state index contributed by atoms with van der Waals surface area (Å²) in [5, 5.41) is 0. The van der Waals surface area contributed by atoms with Crippen LogP contribution >= 0.6 is 7.82 Å². The van der Waals surface area contributed by atoms with E-state index in [-0.39, 0.29) is 32.0 Å². The molecule has 0 aromatic rings. The van der Waals surface area contributed by atoms with Crippen molar-refractivity contribution in [3.63, 3.8) is 0 Å². The van der Waals surface area contributed by atoms with Crippen LogP contribution in [0.3, 0.4) is 0 Å². The Kier molecular flexibility index (Phi) is 59.7. The van der Waals surface area contributed by atoms with Crippen LogP contribution in [0.2, 0.25) is 0 Å². The van der Waals surface area contributed by atoms with Gasteiger partial charge in [-0.1, -0.05) is 284 Å². The molecule has 0 aliphatic rings. The molecule has 0 rings (SSSR count). The molecule has 0 saturated heterocycles. The first-order valence-electron chi connectivity index (χ1n) is 33.6. The predicted molar refractivity (Wildman–Crippen MR) is 351 cm³/mol. The molecule has 0 aliphatic heterocycles. The number of ether oxygens (including phenoxy) is 2. The molecule has 0 N–H and O–H groups in total. The highest BCUT2D eigenvalue weighted by Gasteiger charge is 2.22. The van der Waals surface area contributed by atoms with Gasteiger partial charge in [0, 0.05) is 12.8 Å². The van der Waals surface area contributed by atoms with Crippen molar-refractivity contribution in [1.29, 1.82) is 0 Å². The van der Waals surface area contributed by atoms with Gasteiger partial charge in [-0.15, -0.1) is 0 Å². The molecule has 0 aliphatic carbocycles. The van der Waals surface area contributed by atoms with E-state index in [0.717, 1.165) is 109 Å². The van der Waals surface area contributed by atoms with Gasteiger partial charge >= 0.3 is 11.9 Å². The summed E-state index contributed by atoms with van der Waals surface area (Å²) in [4.78, 5) is 38.0. The van der Waals surface area contributed by atoms with Gasteiger partial charge in [-0.25, -0.2) is 0 Å². The third-order valence-corrected chi connectivity index (χ3v) is 15.3. The van der Waals surface area contributed by atoms with Crippen molar-refractivity contribution in [2.75, 3.05) is 47.5 Å². The maximum atomic E-state index is 12.8. The van der Waals surface area contributed by atoms with Gasteiger partial charge in [-0.3, -0.25) is 14.2 Å². The molecule has 0 saturated carbocycles. The first-order chi connectivity index (χ1) is 40.0. The summed E-state index contributed by atoms with van der Waals surface area (Å²) < 4.78 is 34.2. The van der Waals surface area contributed by atoms with Crippen molar-refractivity contribution in [3.8, 4) is 0 Å². The summed E-state index contributed by atoms with van der Waals surface area (Å²) >= 11 is 0. The first kappa shape index (κ1) is 78.7. The van der Waals surface area contributed by atoms with Crippen LogP contribution in [0.15, 0.2) is 109 Å². The minimum Gasteiger partial charge on any atom is -0.756 e. The van der Waals surface area contributed by atoms with Gasteiger partial charge in [0.2, 0.25) is 0 Å². The fraction of sp³-hybridized carbons (Fsp3) is 0.722. The van der Waals surface area contributed by atoms with Gasteiger partial charge in [-0.2, -0.15) is 0 Å². The van der Waals surface area contributed by atoms with Crippen molar-refractivity contribution in [2.24, 2.45) is 0 Å². The number of likely N-dealkylation sites (N-methyl/N-ethyl adjacent to an activating group) is 1. The zero-order chi connectivity index (χ0) is 59.8. The lowest BCUT2D eigenvalue weighted by molar-refractivity contribution is -0.870. The minimum atomic E-state index is -4.65. The summed E-state index contributed by atoms with van der Waals surface area (Å²) in [6.45, 7) is 4.01. The Morgan fingerprint density at radius 1 is 0.378 bits per heavy atom. The van der Waals surface area contributed by atoms with Crippen LogP contribution in [-0.4, -0.2) is 70.0 Å². The van der Waals surface area contributed by atoms with Crippen LogP contribution in [0.5, 0.6) is 0 Å². The summed E-state index contributed by atoms with van der Waals surface area (Å²) in [5.41, 5.74) is 0. The normalized spacial score (nSPS) is 13.9. The summed E-state index contributed by atoms with van der Waals surface area (Å²) in [6.07, 6.45) is 87.5. The lowest BCUT2D eigenvalue weighted by Gasteiger charge is -2.28. The van der Waals surface area contributed by atoms with E-state index in [2.05, 4.69) is 123 Å². The van der Waals surface area contributed by atoms with E-state index in [9.17, 15) is 19.0 Å². The molecule has 10 heteroatoms. The number of rotatable bonds is 61. The zero-order valence-electron chi connectivity index (χ0n) is 53.7. The third-order valence-electron chi connectivity index (χ3n) is 14.3. The Labute approximate surface area is 506 Å². The quantitative estimate of drug-likeness (QED) is 0.0195. The maximum Gasteiger partial charge on any atom is 0.306 e. The maximum absolute atomic E-state index is 12.8. The molecule has 0 aromatic carbocycles. The van der Waals surface area contributed by atoms with E-state index in [0.29, 0.717) is 17.4 Å². The van der Waals surface area contributed by atoms with Gasteiger partial charge in [-0.05, 0) is 96.3 Å². The number of carbonyl (C=O) groups is 2. The highest BCUT2D eigenvalue weighted by molar-refractivity contribution is 7.45. The van der Waals surface area contributed by atoms with E-state index < -0.39 is 26.5 Å². The van der Waals surface area contributed by atoms with Crippen LogP contribution in [-0.2, 0) is 32.7 Å². The van der Waals surface area contributed by atoms with E-state index in [4.69, 9.17) is 18.5 Å². The fourth-order valence-corrected chi connectivity index (χ4v) is 9.93. The van der Waals surface area contributed by atoms with Crippen LogP contribution in [0.25, 0.3) is 0 Å². The average Bonchev–Trinajstić information content (AvgIpc) is 3.46. The number of unbranched alkanes of at least 4 members (excludes halogenated alkanes) is 29. The van der Waals surface area contributed by atoms with Crippen molar-refractivity contribution in [1.82, 2.24) is 0 Å². The lowest BCUT2D eigenvalue weighted by Crippen LogP contribution is -2.37. The number of esters is 2. The molecule has 2 unspecified atom stereocenters. The summed E-state index contributed by atoms with van der Waals surface area (Å²) in [6, 6.07) is 0.